The number of rotatable bonds is 4. The van der Waals surface area contributed by atoms with E-state index in [9.17, 15) is 4.79 Å². The number of aromatic amines is 1. The topological polar surface area (TPSA) is 92.8 Å². The first-order chi connectivity index (χ1) is 8.69. The molecule has 0 aliphatic rings. The van der Waals surface area contributed by atoms with Crippen molar-refractivity contribution in [2.75, 3.05) is 11.9 Å². The Balaban J connectivity index is 2.06. The van der Waals surface area contributed by atoms with Crippen molar-refractivity contribution in [2.45, 2.75) is 13.8 Å². The molecule has 1 amide bonds. The molecule has 0 aromatic carbocycles. The van der Waals surface area contributed by atoms with Gasteiger partial charge in [-0.2, -0.15) is 4.98 Å². The van der Waals surface area contributed by atoms with E-state index in [1.54, 1.807) is 12.1 Å². The number of hydrogen-bond acceptors (Lipinski definition) is 5. The van der Waals surface area contributed by atoms with Crippen LogP contribution in [0.15, 0.2) is 18.2 Å². The minimum Gasteiger partial charge on any atom is -0.463 e. The molecule has 0 aliphatic heterocycles. The van der Waals surface area contributed by atoms with Gasteiger partial charge in [0.1, 0.15) is 5.69 Å². The molecule has 2 heterocycles. The molecule has 0 saturated heterocycles. The number of pyridine rings is 1. The molecule has 0 fully saturated rings. The number of nitrogens with zero attached hydrogens (tertiary/aromatic N) is 3. The smallest absolute Gasteiger partial charge is 0.337 e. The van der Waals surface area contributed by atoms with Crippen LogP contribution in [0.2, 0.25) is 0 Å². The number of nitrogens with one attached hydrogen (secondary N) is 2. The summed E-state index contributed by atoms with van der Waals surface area (Å²) in [7, 11) is 0. The van der Waals surface area contributed by atoms with Gasteiger partial charge in [0.25, 0.3) is 5.91 Å². The third kappa shape index (κ3) is 2.82. The SMILES string of the molecule is CCOc1n[nH]c(NC(=O)c2cccc(C)n2)n1. The number of hydrogen-bond donors (Lipinski definition) is 2. The second-order valence-corrected chi connectivity index (χ2v) is 3.52. The third-order valence-corrected chi connectivity index (χ3v) is 2.09. The van der Waals surface area contributed by atoms with Gasteiger partial charge < -0.3 is 4.74 Å². The molecule has 0 saturated carbocycles. The zero-order chi connectivity index (χ0) is 13.0. The summed E-state index contributed by atoms with van der Waals surface area (Å²) in [5, 5.41) is 8.89. The molecular formula is C11H13N5O2. The third-order valence-electron chi connectivity index (χ3n) is 2.09. The predicted molar refractivity (Wildman–Crippen MR) is 64.5 cm³/mol. The Morgan fingerprint density at radius 2 is 2.28 bits per heavy atom. The highest BCUT2D eigenvalue weighted by Crippen LogP contribution is 2.07. The lowest BCUT2D eigenvalue weighted by Gasteiger charge is -2.01. The van der Waals surface area contributed by atoms with E-state index in [0.717, 1.165) is 5.69 Å². The molecule has 2 N–H and O–H groups in total. The number of amides is 1. The van der Waals surface area contributed by atoms with Crippen molar-refractivity contribution in [3.63, 3.8) is 0 Å². The monoisotopic (exact) mass is 247 g/mol. The summed E-state index contributed by atoms with van der Waals surface area (Å²) in [6, 6.07) is 5.41. The molecule has 0 atom stereocenters. The molecule has 0 radical (unpaired) electrons. The average molecular weight is 247 g/mol. The molecule has 0 unspecified atom stereocenters. The molecule has 7 nitrogen and oxygen atoms in total. The van der Waals surface area contributed by atoms with Crippen molar-refractivity contribution >= 4 is 11.9 Å². The molecule has 7 heteroatoms. The van der Waals surface area contributed by atoms with E-state index < -0.39 is 0 Å². The maximum atomic E-state index is 11.8. The number of H-pyrrole nitrogens is 1. The predicted octanol–water partition coefficient (Wildman–Crippen LogP) is 1.16. The second-order valence-electron chi connectivity index (χ2n) is 3.52. The van der Waals surface area contributed by atoms with Crippen LogP contribution in [0.1, 0.15) is 23.1 Å². The standard InChI is InChI=1S/C11H13N5O2/c1-3-18-11-14-10(15-16-11)13-9(17)8-6-4-5-7(2)12-8/h4-6H,3H2,1-2H3,(H2,13,14,15,16,17). The van der Waals surface area contributed by atoms with Crippen LogP contribution in [0.25, 0.3) is 0 Å². The molecule has 0 bridgehead atoms. The van der Waals surface area contributed by atoms with E-state index >= 15 is 0 Å². The minimum absolute atomic E-state index is 0.199. The van der Waals surface area contributed by atoms with Gasteiger partial charge in [0.05, 0.1) is 6.61 Å². The molecule has 0 aliphatic carbocycles. The summed E-state index contributed by atoms with van der Waals surface area (Å²) in [5.74, 6) is -0.121. The van der Waals surface area contributed by atoms with Gasteiger partial charge in [0.2, 0.25) is 5.95 Å². The van der Waals surface area contributed by atoms with Crippen LogP contribution >= 0.6 is 0 Å². The van der Waals surface area contributed by atoms with E-state index in [0.29, 0.717) is 12.3 Å². The van der Waals surface area contributed by atoms with Crippen molar-refractivity contribution < 1.29 is 9.53 Å². The highest BCUT2D eigenvalue weighted by molar-refractivity contribution is 6.01. The van der Waals surface area contributed by atoms with Crippen LogP contribution in [0.3, 0.4) is 0 Å². The maximum absolute atomic E-state index is 11.8. The van der Waals surface area contributed by atoms with Gasteiger partial charge in [-0.05, 0) is 26.0 Å². The number of aromatic nitrogens is 4. The summed E-state index contributed by atoms with van der Waals surface area (Å²) in [6.07, 6.45) is 0. The quantitative estimate of drug-likeness (QED) is 0.845. The molecule has 94 valence electrons. The first-order valence-corrected chi connectivity index (χ1v) is 5.49. The molecule has 2 aromatic heterocycles. The summed E-state index contributed by atoms with van der Waals surface area (Å²) in [5.41, 5.74) is 1.10. The summed E-state index contributed by atoms with van der Waals surface area (Å²) in [6.45, 7) is 4.11. The Morgan fingerprint density at radius 1 is 1.44 bits per heavy atom. The lowest BCUT2D eigenvalue weighted by atomic mass is 10.3. The van der Waals surface area contributed by atoms with E-state index in [4.69, 9.17) is 4.74 Å². The van der Waals surface area contributed by atoms with Crippen molar-refractivity contribution in [2.24, 2.45) is 0 Å². The summed E-state index contributed by atoms with van der Waals surface area (Å²) in [4.78, 5) is 19.9. The zero-order valence-electron chi connectivity index (χ0n) is 10.1. The Hall–Kier alpha value is -2.44. The average Bonchev–Trinajstić information content (AvgIpc) is 2.77. The zero-order valence-corrected chi connectivity index (χ0v) is 10.1. The molecule has 18 heavy (non-hydrogen) atoms. The van der Waals surface area contributed by atoms with Crippen molar-refractivity contribution in [3.05, 3.63) is 29.6 Å². The van der Waals surface area contributed by atoms with Crippen LogP contribution in [-0.4, -0.2) is 32.7 Å². The van der Waals surface area contributed by atoms with Crippen molar-refractivity contribution in [1.82, 2.24) is 20.2 Å². The van der Waals surface area contributed by atoms with Crippen LogP contribution in [0.4, 0.5) is 5.95 Å². The van der Waals surface area contributed by atoms with E-state index in [-0.39, 0.29) is 17.9 Å². The lowest BCUT2D eigenvalue weighted by molar-refractivity contribution is 0.102. The fraction of sp³-hybridized carbons (Fsp3) is 0.273. The Bertz CT molecular complexity index is 552. The molecule has 2 aromatic rings. The number of aryl methyl sites for hydroxylation is 1. The first kappa shape index (κ1) is 12.0. The van der Waals surface area contributed by atoms with Gasteiger partial charge in [0.15, 0.2) is 0 Å². The number of ether oxygens (including phenoxy) is 1. The van der Waals surface area contributed by atoms with Crippen LogP contribution in [0.5, 0.6) is 6.01 Å². The Kier molecular flexibility index (Phi) is 3.52. The number of carbonyl (C=O) groups excluding carboxylic acids is 1. The van der Waals surface area contributed by atoms with Crippen molar-refractivity contribution in [3.8, 4) is 6.01 Å². The van der Waals surface area contributed by atoms with Gasteiger partial charge in [-0.3, -0.25) is 10.1 Å². The van der Waals surface area contributed by atoms with Crippen LogP contribution in [-0.2, 0) is 0 Å². The van der Waals surface area contributed by atoms with Gasteiger partial charge in [-0.15, -0.1) is 5.10 Å². The Labute approximate surface area is 104 Å². The van der Waals surface area contributed by atoms with Gasteiger partial charge >= 0.3 is 6.01 Å². The summed E-state index contributed by atoms with van der Waals surface area (Å²) >= 11 is 0. The first-order valence-electron chi connectivity index (χ1n) is 5.49. The van der Waals surface area contributed by atoms with Crippen molar-refractivity contribution in [1.29, 1.82) is 0 Å². The number of carbonyl (C=O) groups is 1. The molecule has 2 rings (SSSR count). The highest BCUT2D eigenvalue weighted by Gasteiger charge is 2.10. The summed E-state index contributed by atoms with van der Waals surface area (Å²) < 4.78 is 5.07. The van der Waals surface area contributed by atoms with Gasteiger partial charge in [0, 0.05) is 5.69 Å². The fourth-order valence-electron chi connectivity index (χ4n) is 1.34. The molecule has 0 spiro atoms. The van der Waals surface area contributed by atoms with E-state index in [1.165, 1.54) is 0 Å². The molecular weight excluding hydrogens is 234 g/mol. The minimum atomic E-state index is -0.349. The largest absolute Gasteiger partial charge is 0.463 e. The van der Waals surface area contributed by atoms with Gasteiger partial charge in [-0.25, -0.2) is 10.1 Å². The maximum Gasteiger partial charge on any atom is 0.337 e. The highest BCUT2D eigenvalue weighted by atomic mass is 16.5. The lowest BCUT2D eigenvalue weighted by Crippen LogP contribution is -2.14. The Morgan fingerprint density at radius 3 is 3.00 bits per heavy atom. The van der Waals surface area contributed by atoms with E-state index in [1.807, 2.05) is 19.9 Å². The number of anilines is 1. The van der Waals surface area contributed by atoms with E-state index in [2.05, 4.69) is 25.5 Å². The van der Waals surface area contributed by atoms with Gasteiger partial charge in [-0.1, -0.05) is 6.07 Å². The van der Waals surface area contributed by atoms with Crippen LogP contribution in [0, 0.1) is 6.92 Å². The normalized spacial score (nSPS) is 10.1. The fourth-order valence-corrected chi connectivity index (χ4v) is 1.34. The second kappa shape index (κ2) is 5.26. The van der Waals surface area contributed by atoms with Crippen LogP contribution < -0.4 is 10.1 Å².